The molecule has 2 aromatic rings. The van der Waals surface area contributed by atoms with Gasteiger partial charge in [-0.3, -0.25) is 13.5 Å². The Morgan fingerprint density at radius 2 is 2.04 bits per heavy atom. The number of hydrogen-bond acceptors (Lipinski definition) is 4. The molecule has 1 aromatic carbocycles. The van der Waals surface area contributed by atoms with E-state index < -0.39 is 11.8 Å². The molecule has 0 unspecified atom stereocenters. The number of nitrogens with zero attached hydrogens (tertiary/aromatic N) is 2. The van der Waals surface area contributed by atoms with Gasteiger partial charge in [0.2, 0.25) is 0 Å². The molecule has 0 radical (unpaired) electrons. The van der Waals surface area contributed by atoms with Gasteiger partial charge in [-0.25, -0.2) is 0 Å². The van der Waals surface area contributed by atoms with Gasteiger partial charge in [0.1, 0.15) is 10.4 Å². The molecule has 8 heteroatoms. The molecule has 1 heterocycles. The third kappa shape index (κ3) is 5.94. The number of unbranched alkanes of at least 4 members (excludes halogenated alkanes) is 1. The first-order valence-electron chi connectivity index (χ1n) is 9.14. The van der Waals surface area contributed by atoms with Crippen molar-refractivity contribution in [3.63, 3.8) is 0 Å². The van der Waals surface area contributed by atoms with Crippen molar-refractivity contribution in [3.05, 3.63) is 45.2 Å². The van der Waals surface area contributed by atoms with E-state index in [0.717, 1.165) is 24.8 Å². The van der Waals surface area contributed by atoms with Gasteiger partial charge in [0.25, 0.3) is 11.8 Å². The minimum atomic E-state index is -0.628. The predicted molar refractivity (Wildman–Crippen MR) is 112 cm³/mol. The first-order chi connectivity index (χ1) is 13.1. The zero-order valence-electron chi connectivity index (χ0n) is 16.6. The maximum Gasteiger partial charge on any atom is 0.282 e. The van der Waals surface area contributed by atoms with Gasteiger partial charge in [0.05, 0.1) is 5.56 Å². The molecular weight excluding hydrogens is 398 g/mol. The Labute approximate surface area is 174 Å². The number of benzene rings is 1. The van der Waals surface area contributed by atoms with Crippen LogP contribution in [0.2, 0.25) is 5.02 Å². The molecule has 2 N–H and O–H groups in total. The molecule has 0 atom stereocenters. The fourth-order valence-corrected chi connectivity index (χ4v) is 3.64. The van der Waals surface area contributed by atoms with Gasteiger partial charge in [-0.15, -0.1) is 0 Å². The van der Waals surface area contributed by atoms with Crippen LogP contribution in [0.1, 0.15) is 56.5 Å². The normalized spacial score (nSPS) is 12.2. The van der Waals surface area contributed by atoms with E-state index >= 15 is 0 Å². The van der Waals surface area contributed by atoms with Gasteiger partial charge < -0.3 is 10.5 Å². The first-order valence-corrected chi connectivity index (χ1v) is 10.3. The lowest BCUT2D eigenvalue weighted by atomic mass is 10.1. The highest BCUT2D eigenvalue weighted by molar-refractivity contribution is 7.04. The molecule has 0 saturated carbocycles. The zero-order valence-corrected chi connectivity index (χ0v) is 18.2. The topological polar surface area (TPSA) is 86.7 Å². The van der Waals surface area contributed by atoms with Crippen LogP contribution in [-0.2, 0) is 16.8 Å². The van der Waals surface area contributed by atoms with Crippen LogP contribution in [-0.4, -0.2) is 22.4 Å². The van der Waals surface area contributed by atoms with E-state index in [2.05, 4.69) is 42.8 Å². The quantitative estimate of drug-likeness (QED) is 0.732. The molecule has 0 aliphatic carbocycles. The van der Waals surface area contributed by atoms with E-state index in [9.17, 15) is 9.59 Å². The molecule has 0 saturated heterocycles. The molecule has 0 spiro atoms. The van der Waals surface area contributed by atoms with Crippen molar-refractivity contribution in [1.29, 1.82) is 0 Å². The SMILES string of the molecule is CCCCc1cn(C(C)(C)C)s/c1=N\C(=O)c1cc(Cl)ccc1OCC(N)=O. The summed E-state index contributed by atoms with van der Waals surface area (Å²) in [6, 6.07) is 4.61. The number of carbonyl (C=O) groups is 2. The summed E-state index contributed by atoms with van der Waals surface area (Å²) >= 11 is 7.50. The lowest BCUT2D eigenvalue weighted by molar-refractivity contribution is -0.119. The van der Waals surface area contributed by atoms with Crippen LogP contribution in [0, 0.1) is 0 Å². The molecule has 0 aliphatic rings. The maximum absolute atomic E-state index is 12.9. The Kier molecular flexibility index (Phi) is 7.43. The van der Waals surface area contributed by atoms with E-state index in [-0.39, 0.29) is 23.5 Å². The predicted octanol–water partition coefficient (Wildman–Crippen LogP) is 3.91. The summed E-state index contributed by atoms with van der Waals surface area (Å²) in [7, 11) is 0. The number of hydrogen-bond donors (Lipinski definition) is 1. The average molecular weight is 424 g/mol. The zero-order chi connectivity index (χ0) is 20.9. The fourth-order valence-electron chi connectivity index (χ4n) is 2.43. The van der Waals surface area contributed by atoms with Gasteiger partial charge in [-0.05, 0) is 63.3 Å². The summed E-state index contributed by atoms with van der Waals surface area (Å²) in [4.78, 5) is 28.3. The van der Waals surface area contributed by atoms with Gasteiger partial charge >= 0.3 is 0 Å². The molecule has 1 aromatic heterocycles. The largest absolute Gasteiger partial charge is 0.483 e. The molecule has 152 valence electrons. The number of ether oxygens (including phenoxy) is 1. The highest BCUT2D eigenvalue weighted by Gasteiger charge is 2.18. The Bertz CT molecular complexity index is 926. The van der Waals surface area contributed by atoms with Crippen LogP contribution in [0.15, 0.2) is 29.4 Å². The van der Waals surface area contributed by atoms with Crippen molar-refractivity contribution >= 4 is 34.9 Å². The maximum atomic E-state index is 12.9. The van der Waals surface area contributed by atoms with Gasteiger partial charge in [0.15, 0.2) is 6.61 Å². The number of aryl methyl sites for hydroxylation is 1. The highest BCUT2D eigenvalue weighted by atomic mass is 35.5. The van der Waals surface area contributed by atoms with E-state index in [4.69, 9.17) is 22.1 Å². The number of rotatable bonds is 7. The van der Waals surface area contributed by atoms with E-state index in [1.165, 1.54) is 23.7 Å². The van der Waals surface area contributed by atoms with Crippen molar-refractivity contribution in [2.24, 2.45) is 10.7 Å². The Balaban J connectivity index is 2.47. The number of nitrogens with two attached hydrogens (primary N) is 1. The second-order valence-corrected chi connectivity index (χ2v) is 8.86. The van der Waals surface area contributed by atoms with Crippen LogP contribution in [0.5, 0.6) is 5.75 Å². The van der Waals surface area contributed by atoms with Crippen molar-refractivity contribution in [2.75, 3.05) is 6.61 Å². The number of halogens is 1. The lowest BCUT2D eigenvalue weighted by Gasteiger charge is -2.19. The Morgan fingerprint density at radius 1 is 1.32 bits per heavy atom. The lowest BCUT2D eigenvalue weighted by Crippen LogP contribution is -2.21. The number of aromatic nitrogens is 1. The van der Waals surface area contributed by atoms with E-state index in [1.54, 1.807) is 6.07 Å². The Morgan fingerprint density at radius 3 is 2.64 bits per heavy atom. The fraction of sp³-hybridized carbons (Fsp3) is 0.450. The Hall–Kier alpha value is -2.12. The second-order valence-electron chi connectivity index (χ2n) is 7.46. The summed E-state index contributed by atoms with van der Waals surface area (Å²) < 4.78 is 8.13. The summed E-state index contributed by atoms with van der Waals surface area (Å²) in [5, 5.41) is 0.382. The van der Waals surface area contributed by atoms with Gasteiger partial charge in [-0.1, -0.05) is 24.9 Å². The molecular formula is C20H26ClN3O3S. The van der Waals surface area contributed by atoms with Crippen LogP contribution < -0.4 is 15.1 Å². The van der Waals surface area contributed by atoms with E-state index in [0.29, 0.717) is 9.69 Å². The van der Waals surface area contributed by atoms with Crippen molar-refractivity contribution in [3.8, 4) is 5.75 Å². The monoisotopic (exact) mass is 423 g/mol. The van der Waals surface area contributed by atoms with Gasteiger partial charge in [-0.2, -0.15) is 4.99 Å². The molecule has 2 amide bonds. The van der Waals surface area contributed by atoms with E-state index in [1.807, 2.05) is 0 Å². The average Bonchev–Trinajstić information content (AvgIpc) is 3.01. The minimum Gasteiger partial charge on any atom is -0.483 e. The van der Waals surface area contributed by atoms with Crippen molar-refractivity contribution in [2.45, 2.75) is 52.5 Å². The van der Waals surface area contributed by atoms with Crippen LogP contribution in [0.3, 0.4) is 0 Å². The van der Waals surface area contributed by atoms with Crippen molar-refractivity contribution in [1.82, 2.24) is 3.96 Å². The number of carbonyl (C=O) groups excluding carboxylic acids is 2. The third-order valence-corrected chi connectivity index (χ3v) is 5.55. The second kappa shape index (κ2) is 9.39. The molecule has 0 aliphatic heterocycles. The van der Waals surface area contributed by atoms with Gasteiger partial charge in [0, 0.05) is 22.3 Å². The molecule has 28 heavy (non-hydrogen) atoms. The minimum absolute atomic E-state index is 0.103. The number of primary amides is 1. The van der Waals surface area contributed by atoms with Crippen LogP contribution in [0.4, 0.5) is 0 Å². The molecule has 0 bridgehead atoms. The first kappa shape index (κ1) is 22.2. The summed E-state index contributed by atoms with van der Waals surface area (Å²) in [5.41, 5.74) is 6.27. The van der Waals surface area contributed by atoms with Crippen LogP contribution in [0.25, 0.3) is 0 Å². The summed E-state index contributed by atoms with van der Waals surface area (Å²) in [6.45, 7) is 8.11. The molecule has 2 rings (SSSR count). The standard InChI is InChI=1S/C20H26ClN3O3S/c1-5-6-7-13-11-24(20(2,3)4)28-19(13)23-18(26)15-10-14(21)8-9-16(15)27-12-17(22)25/h8-11H,5-7,12H2,1-4H3,(H2,22,25)/b23-19-. The summed E-state index contributed by atoms with van der Waals surface area (Å²) in [6.07, 6.45) is 4.98. The third-order valence-electron chi connectivity index (χ3n) is 3.94. The van der Waals surface area contributed by atoms with Crippen molar-refractivity contribution < 1.29 is 14.3 Å². The molecule has 6 nitrogen and oxygen atoms in total. The molecule has 0 fully saturated rings. The number of amides is 2. The summed E-state index contributed by atoms with van der Waals surface area (Å²) in [5.74, 6) is -0.869. The smallest absolute Gasteiger partial charge is 0.282 e. The highest BCUT2D eigenvalue weighted by Crippen LogP contribution is 2.24. The van der Waals surface area contributed by atoms with Crippen LogP contribution >= 0.6 is 23.1 Å².